The second kappa shape index (κ2) is 18.8. The molecule has 0 atom stereocenters. The molecule has 0 amide bonds. The number of rotatable bonds is 18. The van der Waals surface area contributed by atoms with Crippen molar-refractivity contribution in [2.45, 2.75) is 116 Å². The summed E-state index contributed by atoms with van der Waals surface area (Å²) in [6, 6.07) is 8.84. The van der Waals surface area contributed by atoms with Crippen molar-refractivity contribution in [2.75, 3.05) is 33.3 Å². The molecule has 186 valence electrons. The highest BCUT2D eigenvalue weighted by Gasteiger charge is 2.24. The van der Waals surface area contributed by atoms with Crippen LogP contribution in [0.4, 0.5) is 0 Å². The molecule has 1 fully saturated rings. The molecule has 0 N–H and O–H groups in total. The molecule has 0 aromatic heterocycles. The van der Waals surface area contributed by atoms with E-state index in [4.69, 9.17) is 4.74 Å². The summed E-state index contributed by atoms with van der Waals surface area (Å²) in [5.41, 5.74) is 1.44. The number of halogens is 1. The van der Waals surface area contributed by atoms with Gasteiger partial charge in [-0.15, -0.1) is 0 Å². The van der Waals surface area contributed by atoms with Gasteiger partial charge in [-0.2, -0.15) is 0 Å². The van der Waals surface area contributed by atoms with Gasteiger partial charge >= 0.3 is 0 Å². The SMILES string of the molecule is CCCCCCCCCCCCCCCc1cccc(OCC[N+]2(C)CCCCC2)c1.[Br-]. The standard InChI is InChI=1S/C29H52NO.BrH/c1-3-4-5-6-7-8-9-10-11-12-13-14-16-20-28-21-19-22-29(27-28)31-26-25-30(2)23-17-15-18-24-30;/h19,21-22,27H,3-18,20,23-26H2,1-2H3;1H/q+1;/p-1. The average Bonchev–Trinajstić information content (AvgIpc) is 2.78. The summed E-state index contributed by atoms with van der Waals surface area (Å²) in [6.07, 6.45) is 23.8. The zero-order valence-corrected chi connectivity index (χ0v) is 23.0. The van der Waals surface area contributed by atoms with Crippen molar-refractivity contribution in [1.82, 2.24) is 0 Å². The topological polar surface area (TPSA) is 9.23 Å². The number of likely N-dealkylation sites (tertiary alicyclic amines) is 1. The van der Waals surface area contributed by atoms with E-state index in [0.717, 1.165) is 18.9 Å². The van der Waals surface area contributed by atoms with Crippen LogP contribution in [0.3, 0.4) is 0 Å². The van der Waals surface area contributed by atoms with Gasteiger partial charge in [-0.25, -0.2) is 0 Å². The van der Waals surface area contributed by atoms with Gasteiger partial charge in [-0.1, -0.05) is 96.1 Å². The molecule has 1 aromatic rings. The van der Waals surface area contributed by atoms with E-state index in [1.165, 1.54) is 132 Å². The van der Waals surface area contributed by atoms with E-state index in [9.17, 15) is 0 Å². The Bertz CT molecular complexity index is 556. The van der Waals surface area contributed by atoms with Crippen LogP contribution < -0.4 is 21.7 Å². The van der Waals surface area contributed by atoms with Crippen molar-refractivity contribution in [3.05, 3.63) is 29.8 Å². The molecule has 0 unspecified atom stereocenters. The predicted octanol–water partition coefficient (Wildman–Crippen LogP) is 5.33. The fourth-order valence-electron chi connectivity index (χ4n) is 5.02. The Morgan fingerprint density at radius 1 is 0.750 bits per heavy atom. The maximum atomic E-state index is 6.12. The number of unbranched alkanes of at least 4 members (excludes halogenated alkanes) is 12. The lowest BCUT2D eigenvalue weighted by molar-refractivity contribution is -0.914. The van der Waals surface area contributed by atoms with Crippen LogP contribution in [-0.4, -0.2) is 37.8 Å². The molecule has 2 rings (SSSR count). The van der Waals surface area contributed by atoms with E-state index in [-0.39, 0.29) is 17.0 Å². The summed E-state index contributed by atoms with van der Waals surface area (Å²) < 4.78 is 7.31. The summed E-state index contributed by atoms with van der Waals surface area (Å²) in [5, 5.41) is 0. The lowest BCUT2D eigenvalue weighted by Gasteiger charge is -2.37. The number of nitrogens with zero attached hydrogens (tertiary/aromatic N) is 1. The Hall–Kier alpha value is -0.540. The lowest BCUT2D eigenvalue weighted by Crippen LogP contribution is -3.00. The van der Waals surface area contributed by atoms with Crippen molar-refractivity contribution < 1.29 is 26.2 Å². The predicted molar refractivity (Wildman–Crippen MR) is 136 cm³/mol. The van der Waals surface area contributed by atoms with Crippen LogP contribution in [0.15, 0.2) is 24.3 Å². The first-order chi connectivity index (χ1) is 15.2. The van der Waals surface area contributed by atoms with Gasteiger partial charge in [0.2, 0.25) is 0 Å². The second-order valence-electron chi connectivity index (χ2n) is 10.3. The average molecular weight is 511 g/mol. The first-order valence-corrected chi connectivity index (χ1v) is 13.8. The third kappa shape index (κ3) is 13.9. The van der Waals surface area contributed by atoms with E-state index < -0.39 is 0 Å². The summed E-state index contributed by atoms with van der Waals surface area (Å²) in [7, 11) is 2.40. The largest absolute Gasteiger partial charge is 1.00 e. The molecule has 1 aromatic carbocycles. The molecule has 3 heteroatoms. The molecule has 0 bridgehead atoms. The van der Waals surface area contributed by atoms with E-state index in [0.29, 0.717) is 0 Å². The zero-order chi connectivity index (χ0) is 22.0. The van der Waals surface area contributed by atoms with Gasteiger partial charge in [-0.3, -0.25) is 0 Å². The fourth-order valence-corrected chi connectivity index (χ4v) is 5.02. The summed E-state index contributed by atoms with van der Waals surface area (Å²) in [4.78, 5) is 0. The van der Waals surface area contributed by atoms with Crippen LogP contribution in [0.25, 0.3) is 0 Å². The number of benzene rings is 1. The molecule has 0 aliphatic carbocycles. The minimum atomic E-state index is 0. The number of aryl methyl sites for hydroxylation is 1. The summed E-state index contributed by atoms with van der Waals surface area (Å²) >= 11 is 0. The number of hydrogen-bond acceptors (Lipinski definition) is 1. The van der Waals surface area contributed by atoms with Crippen LogP contribution in [0.2, 0.25) is 0 Å². The number of quaternary nitrogens is 1. The van der Waals surface area contributed by atoms with Gasteiger partial charge in [0.25, 0.3) is 0 Å². The number of hydrogen-bond donors (Lipinski definition) is 0. The van der Waals surface area contributed by atoms with Crippen LogP contribution in [0.1, 0.15) is 115 Å². The Morgan fingerprint density at radius 2 is 1.31 bits per heavy atom. The molecule has 2 nitrogen and oxygen atoms in total. The van der Waals surface area contributed by atoms with E-state index in [1.54, 1.807) is 0 Å². The highest BCUT2D eigenvalue weighted by Crippen LogP contribution is 2.19. The second-order valence-corrected chi connectivity index (χ2v) is 10.3. The Labute approximate surface area is 210 Å². The van der Waals surface area contributed by atoms with Crippen LogP contribution >= 0.6 is 0 Å². The Kier molecular flexibility index (Phi) is 17.4. The lowest BCUT2D eigenvalue weighted by atomic mass is 10.0. The highest BCUT2D eigenvalue weighted by atomic mass is 79.9. The quantitative estimate of drug-likeness (QED) is 0.192. The van der Waals surface area contributed by atoms with E-state index >= 15 is 0 Å². The Balaban J connectivity index is 0.00000512. The van der Waals surface area contributed by atoms with Gasteiger partial charge in [0, 0.05) is 0 Å². The van der Waals surface area contributed by atoms with Crippen molar-refractivity contribution in [1.29, 1.82) is 0 Å². The minimum absolute atomic E-state index is 0. The van der Waals surface area contributed by atoms with Crippen LogP contribution in [0.5, 0.6) is 5.75 Å². The molecule has 0 radical (unpaired) electrons. The number of piperidine rings is 1. The maximum absolute atomic E-state index is 6.12. The molecule has 1 heterocycles. The van der Waals surface area contributed by atoms with Gasteiger partial charge in [0.05, 0.1) is 20.1 Å². The van der Waals surface area contributed by atoms with E-state index in [1.807, 2.05) is 0 Å². The third-order valence-corrected chi connectivity index (χ3v) is 7.26. The minimum Gasteiger partial charge on any atom is -1.00 e. The highest BCUT2D eigenvalue weighted by molar-refractivity contribution is 5.28. The molecule has 0 saturated carbocycles. The van der Waals surface area contributed by atoms with Crippen molar-refractivity contribution in [3.8, 4) is 5.75 Å². The molecular weight excluding hydrogens is 458 g/mol. The van der Waals surface area contributed by atoms with Crippen molar-refractivity contribution in [3.63, 3.8) is 0 Å². The van der Waals surface area contributed by atoms with Crippen molar-refractivity contribution >= 4 is 0 Å². The van der Waals surface area contributed by atoms with Gasteiger partial charge in [-0.05, 0) is 49.8 Å². The smallest absolute Gasteiger partial charge is 0.137 e. The zero-order valence-electron chi connectivity index (χ0n) is 21.4. The first kappa shape index (κ1) is 29.5. The molecule has 32 heavy (non-hydrogen) atoms. The molecule has 1 saturated heterocycles. The number of ether oxygens (including phenoxy) is 1. The molecule has 0 spiro atoms. The fraction of sp³-hybridized carbons (Fsp3) is 0.793. The van der Waals surface area contributed by atoms with Gasteiger partial charge < -0.3 is 26.2 Å². The maximum Gasteiger partial charge on any atom is 0.137 e. The van der Waals surface area contributed by atoms with Crippen molar-refractivity contribution in [2.24, 2.45) is 0 Å². The first-order valence-electron chi connectivity index (χ1n) is 13.8. The summed E-state index contributed by atoms with van der Waals surface area (Å²) in [6.45, 7) is 6.93. The van der Waals surface area contributed by atoms with Crippen LogP contribution in [-0.2, 0) is 6.42 Å². The third-order valence-electron chi connectivity index (χ3n) is 7.26. The summed E-state index contributed by atoms with van der Waals surface area (Å²) in [5.74, 6) is 1.07. The van der Waals surface area contributed by atoms with Crippen LogP contribution in [0, 0.1) is 0 Å². The molecule has 1 aliphatic heterocycles. The van der Waals surface area contributed by atoms with Gasteiger partial charge in [0.1, 0.15) is 18.9 Å². The monoisotopic (exact) mass is 509 g/mol. The molecular formula is C29H52BrNO. The van der Waals surface area contributed by atoms with E-state index in [2.05, 4.69) is 38.2 Å². The molecule has 1 aliphatic rings. The van der Waals surface area contributed by atoms with Gasteiger partial charge in [0.15, 0.2) is 0 Å². The Morgan fingerprint density at radius 3 is 1.91 bits per heavy atom. The normalized spacial score (nSPS) is 15.3. The number of likely N-dealkylation sites (N-methyl/N-ethyl adjacent to an activating group) is 1.